The summed E-state index contributed by atoms with van der Waals surface area (Å²) in [5.41, 5.74) is 11.5. The Hall–Kier alpha value is -3.82. The third kappa shape index (κ3) is 4.15. The number of halogens is 1. The van der Waals surface area contributed by atoms with Crippen LogP contribution in [0.5, 0.6) is 0 Å². The summed E-state index contributed by atoms with van der Waals surface area (Å²) in [4.78, 5) is 11.9. The van der Waals surface area contributed by atoms with E-state index in [-0.39, 0.29) is 11.6 Å². The first-order chi connectivity index (χ1) is 16.0. The average Bonchev–Trinajstić information content (AvgIpc) is 2.83. The Morgan fingerprint density at radius 3 is 2.45 bits per heavy atom. The molecule has 5 nitrogen and oxygen atoms in total. The second kappa shape index (κ2) is 8.61. The molecule has 1 fully saturated rings. The molecule has 1 saturated heterocycles. The van der Waals surface area contributed by atoms with Gasteiger partial charge in [-0.15, -0.1) is 0 Å². The minimum atomic E-state index is -0.554. The standard InChI is InChI=1S/C27H24FN5/c1-17-3-2-4-18(13-17)19-7-8-25-23(14-19)26(20-5-6-21(16-29)24(28)15-20)32-27(31-25)33-11-9-22(30)10-12-33/h2-8,13-15,22H,9-12,30H2,1H3. The smallest absolute Gasteiger partial charge is 0.226 e. The summed E-state index contributed by atoms with van der Waals surface area (Å²) in [6.45, 7) is 3.64. The molecule has 0 aliphatic carbocycles. The molecule has 4 aromatic rings. The predicted octanol–water partition coefficient (Wildman–Crippen LogP) is 5.21. The van der Waals surface area contributed by atoms with Crippen LogP contribution in [0, 0.1) is 24.1 Å². The van der Waals surface area contributed by atoms with Gasteiger partial charge in [-0.2, -0.15) is 5.26 Å². The molecule has 2 N–H and O–H groups in total. The third-order valence-electron chi connectivity index (χ3n) is 6.22. The van der Waals surface area contributed by atoms with Gasteiger partial charge in [-0.3, -0.25) is 0 Å². The van der Waals surface area contributed by atoms with Crippen LogP contribution in [0.2, 0.25) is 0 Å². The zero-order valence-electron chi connectivity index (χ0n) is 18.4. The molecule has 6 heteroatoms. The zero-order valence-corrected chi connectivity index (χ0v) is 18.4. The fourth-order valence-corrected chi connectivity index (χ4v) is 4.33. The molecule has 0 radical (unpaired) electrons. The Morgan fingerprint density at radius 1 is 0.970 bits per heavy atom. The fourth-order valence-electron chi connectivity index (χ4n) is 4.33. The normalized spacial score (nSPS) is 14.4. The van der Waals surface area contributed by atoms with Crippen molar-refractivity contribution in [3.63, 3.8) is 0 Å². The number of aromatic nitrogens is 2. The van der Waals surface area contributed by atoms with Crippen LogP contribution in [0.25, 0.3) is 33.3 Å². The first-order valence-corrected chi connectivity index (χ1v) is 11.1. The van der Waals surface area contributed by atoms with Gasteiger partial charge in [-0.05, 0) is 55.2 Å². The molecule has 0 atom stereocenters. The summed E-state index contributed by atoms with van der Waals surface area (Å²) in [6.07, 6.45) is 1.77. The van der Waals surface area contributed by atoms with E-state index in [2.05, 4.69) is 42.2 Å². The third-order valence-corrected chi connectivity index (χ3v) is 6.22. The molecule has 3 aromatic carbocycles. The van der Waals surface area contributed by atoms with Gasteiger partial charge in [-0.25, -0.2) is 14.4 Å². The van der Waals surface area contributed by atoms with E-state index in [4.69, 9.17) is 21.0 Å². The molecule has 0 saturated carbocycles. The van der Waals surface area contributed by atoms with Crippen LogP contribution in [-0.2, 0) is 0 Å². The highest BCUT2D eigenvalue weighted by molar-refractivity contribution is 5.96. The largest absolute Gasteiger partial charge is 0.341 e. The lowest BCUT2D eigenvalue weighted by molar-refractivity contribution is 0.496. The Kier molecular flexibility index (Phi) is 5.49. The van der Waals surface area contributed by atoms with Crippen LogP contribution in [0.4, 0.5) is 10.3 Å². The topological polar surface area (TPSA) is 78.8 Å². The average molecular weight is 438 g/mol. The number of hydrogen-bond donors (Lipinski definition) is 1. The lowest BCUT2D eigenvalue weighted by Crippen LogP contribution is -2.40. The fraction of sp³-hybridized carbons (Fsp3) is 0.222. The van der Waals surface area contributed by atoms with Crippen LogP contribution in [0.15, 0.2) is 60.7 Å². The van der Waals surface area contributed by atoms with Crippen LogP contribution < -0.4 is 10.6 Å². The van der Waals surface area contributed by atoms with E-state index >= 15 is 0 Å². The van der Waals surface area contributed by atoms with Gasteiger partial charge in [0.2, 0.25) is 5.95 Å². The maximum atomic E-state index is 14.5. The van der Waals surface area contributed by atoms with E-state index < -0.39 is 5.82 Å². The van der Waals surface area contributed by atoms with Crippen molar-refractivity contribution >= 4 is 16.9 Å². The summed E-state index contributed by atoms with van der Waals surface area (Å²) in [5.74, 6) is 0.0690. The van der Waals surface area contributed by atoms with Crippen molar-refractivity contribution in [3.05, 3.63) is 77.6 Å². The van der Waals surface area contributed by atoms with Crippen molar-refractivity contribution in [2.75, 3.05) is 18.0 Å². The summed E-state index contributed by atoms with van der Waals surface area (Å²) in [7, 11) is 0. The SMILES string of the molecule is Cc1cccc(-c2ccc3nc(N4CCC(N)CC4)nc(-c4ccc(C#N)c(F)c4)c3c2)c1. The molecule has 5 rings (SSSR count). The Morgan fingerprint density at radius 2 is 1.73 bits per heavy atom. The van der Waals surface area contributed by atoms with E-state index in [0.29, 0.717) is 17.2 Å². The van der Waals surface area contributed by atoms with Gasteiger partial charge >= 0.3 is 0 Å². The highest BCUT2D eigenvalue weighted by atomic mass is 19.1. The summed E-state index contributed by atoms with van der Waals surface area (Å²) >= 11 is 0. The molecule has 164 valence electrons. The molecule has 0 unspecified atom stereocenters. The van der Waals surface area contributed by atoms with Crippen LogP contribution >= 0.6 is 0 Å². The van der Waals surface area contributed by atoms with E-state index in [1.54, 1.807) is 6.07 Å². The number of nitrogens with two attached hydrogens (primary N) is 1. The number of aryl methyl sites for hydroxylation is 1. The van der Waals surface area contributed by atoms with Crippen LogP contribution in [0.1, 0.15) is 24.0 Å². The molecule has 0 amide bonds. The van der Waals surface area contributed by atoms with Gasteiger partial charge < -0.3 is 10.6 Å². The number of nitriles is 1. The molecule has 33 heavy (non-hydrogen) atoms. The first kappa shape index (κ1) is 21.0. The number of benzene rings is 3. The van der Waals surface area contributed by atoms with E-state index in [0.717, 1.165) is 48.0 Å². The zero-order chi connectivity index (χ0) is 22.9. The predicted molar refractivity (Wildman–Crippen MR) is 129 cm³/mol. The number of fused-ring (bicyclic) bond motifs is 1. The molecule has 0 bridgehead atoms. The van der Waals surface area contributed by atoms with Gasteiger partial charge in [0, 0.05) is 30.1 Å². The van der Waals surface area contributed by atoms with Crippen LogP contribution in [0.3, 0.4) is 0 Å². The molecule has 1 aliphatic heterocycles. The maximum absolute atomic E-state index is 14.5. The van der Waals surface area contributed by atoms with Gasteiger partial charge in [0.25, 0.3) is 0 Å². The van der Waals surface area contributed by atoms with Gasteiger partial charge in [-0.1, -0.05) is 42.0 Å². The molecular weight excluding hydrogens is 413 g/mol. The lowest BCUT2D eigenvalue weighted by Gasteiger charge is -2.30. The summed E-state index contributed by atoms with van der Waals surface area (Å²) in [6, 6.07) is 21.1. The van der Waals surface area contributed by atoms with Crippen molar-refractivity contribution in [3.8, 4) is 28.5 Å². The highest BCUT2D eigenvalue weighted by Crippen LogP contribution is 2.33. The van der Waals surface area contributed by atoms with E-state index in [1.807, 2.05) is 18.2 Å². The summed E-state index contributed by atoms with van der Waals surface area (Å²) in [5, 5.41) is 9.98. The van der Waals surface area contributed by atoms with Crippen molar-refractivity contribution < 1.29 is 4.39 Å². The Balaban J connectivity index is 1.69. The number of piperidine rings is 1. The molecule has 2 heterocycles. The Bertz CT molecular complexity index is 1380. The lowest BCUT2D eigenvalue weighted by atomic mass is 9.99. The molecular formula is C27H24FN5. The molecule has 1 aromatic heterocycles. The monoisotopic (exact) mass is 437 g/mol. The minimum absolute atomic E-state index is 0.0165. The van der Waals surface area contributed by atoms with E-state index in [9.17, 15) is 4.39 Å². The van der Waals surface area contributed by atoms with Crippen molar-refractivity contribution in [2.24, 2.45) is 5.73 Å². The molecule has 0 spiro atoms. The van der Waals surface area contributed by atoms with Gasteiger partial charge in [0.1, 0.15) is 11.9 Å². The van der Waals surface area contributed by atoms with E-state index in [1.165, 1.54) is 17.7 Å². The highest BCUT2D eigenvalue weighted by Gasteiger charge is 2.21. The van der Waals surface area contributed by atoms with Crippen molar-refractivity contribution in [2.45, 2.75) is 25.8 Å². The molecule has 1 aliphatic rings. The number of anilines is 1. The summed E-state index contributed by atoms with van der Waals surface area (Å²) < 4.78 is 14.5. The minimum Gasteiger partial charge on any atom is -0.341 e. The van der Waals surface area contributed by atoms with Gasteiger partial charge in [0.15, 0.2) is 0 Å². The number of hydrogen-bond acceptors (Lipinski definition) is 5. The second-order valence-electron chi connectivity index (χ2n) is 8.60. The maximum Gasteiger partial charge on any atom is 0.226 e. The van der Waals surface area contributed by atoms with Crippen molar-refractivity contribution in [1.29, 1.82) is 5.26 Å². The first-order valence-electron chi connectivity index (χ1n) is 11.1. The van der Waals surface area contributed by atoms with Gasteiger partial charge in [0.05, 0.1) is 16.8 Å². The second-order valence-corrected chi connectivity index (χ2v) is 8.60. The van der Waals surface area contributed by atoms with Crippen molar-refractivity contribution in [1.82, 2.24) is 9.97 Å². The number of rotatable bonds is 3. The quantitative estimate of drug-likeness (QED) is 0.476. The van der Waals surface area contributed by atoms with Crippen LogP contribution in [-0.4, -0.2) is 29.1 Å². The Labute approximate surface area is 192 Å². The number of nitrogens with zero attached hydrogens (tertiary/aromatic N) is 4.